The van der Waals surface area contributed by atoms with Crippen LogP contribution in [0.4, 0.5) is 0 Å². The van der Waals surface area contributed by atoms with Gasteiger partial charge in [-0.3, -0.25) is 0 Å². The normalized spacial score (nSPS) is 10.8. The van der Waals surface area contributed by atoms with Gasteiger partial charge in [0.2, 0.25) is 0 Å². The van der Waals surface area contributed by atoms with Crippen LogP contribution in [0.1, 0.15) is 32.3 Å². The van der Waals surface area contributed by atoms with Gasteiger partial charge in [-0.1, -0.05) is 56.0 Å². The van der Waals surface area contributed by atoms with Crippen LogP contribution >= 0.6 is 0 Å². The fraction of sp³-hybridized carbons (Fsp3) is 0.467. The molecule has 0 heterocycles. The van der Waals surface area contributed by atoms with Crippen molar-refractivity contribution in [1.82, 2.24) is 0 Å². The molecule has 0 fully saturated rings. The molecule has 2 nitrogen and oxygen atoms in total. The molecule has 3 heteroatoms. The standard InChI is InChI=1S/C15H22O2Si/c1-4-10-16-15(17-11-5-2)18-14-9-7-8-13(6-3)12-14/h6-9,12,15H,3-5,10-11H2,1-2H3. The Kier molecular flexibility index (Phi) is 7.65. The van der Waals surface area contributed by atoms with Gasteiger partial charge < -0.3 is 9.47 Å². The monoisotopic (exact) mass is 262 g/mol. The van der Waals surface area contributed by atoms with Gasteiger partial charge in [-0.25, -0.2) is 0 Å². The smallest absolute Gasteiger partial charge is 0.157 e. The summed E-state index contributed by atoms with van der Waals surface area (Å²) < 4.78 is 11.5. The Balaban J connectivity index is 2.59. The Morgan fingerprint density at radius 1 is 1.22 bits per heavy atom. The van der Waals surface area contributed by atoms with Crippen LogP contribution in [-0.4, -0.2) is 28.6 Å². The molecule has 0 N–H and O–H groups in total. The number of benzene rings is 1. The van der Waals surface area contributed by atoms with Crippen molar-refractivity contribution in [2.75, 3.05) is 13.2 Å². The second-order valence-corrected chi connectivity index (χ2v) is 5.38. The molecule has 0 amide bonds. The first-order chi connectivity index (χ1) is 8.80. The van der Waals surface area contributed by atoms with Crippen LogP contribution in [0.2, 0.25) is 0 Å². The maximum atomic E-state index is 5.74. The van der Waals surface area contributed by atoms with Gasteiger partial charge in [-0.2, -0.15) is 0 Å². The zero-order chi connectivity index (χ0) is 13.2. The topological polar surface area (TPSA) is 18.5 Å². The number of hydrogen-bond donors (Lipinski definition) is 0. The Hall–Kier alpha value is -0.903. The molecule has 18 heavy (non-hydrogen) atoms. The second kappa shape index (κ2) is 9.08. The zero-order valence-corrected chi connectivity index (χ0v) is 12.3. The Labute approximate surface area is 113 Å². The fourth-order valence-corrected chi connectivity index (χ4v) is 2.59. The van der Waals surface area contributed by atoms with E-state index in [1.54, 1.807) is 0 Å². The minimum Gasteiger partial charge on any atom is -0.357 e. The molecule has 0 atom stereocenters. The summed E-state index contributed by atoms with van der Waals surface area (Å²) >= 11 is 0. The summed E-state index contributed by atoms with van der Waals surface area (Å²) in [7, 11) is 0.522. The predicted molar refractivity (Wildman–Crippen MR) is 78.2 cm³/mol. The summed E-state index contributed by atoms with van der Waals surface area (Å²) in [6, 6.07) is 8.36. The van der Waals surface area contributed by atoms with E-state index in [0.29, 0.717) is 9.52 Å². The van der Waals surface area contributed by atoms with Crippen LogP contribution in [0.15, 0.2) is 30.8 Å². The van der Waals surface area contributed by atoms with Crippen LogP contribution in [0.3, 0.4) is 0 Å². The fourth-order valence-electron chi connectivity index (χ4n) is 1.47. The molecule has 0 aromatic heterocycles. The lowest BCUT2D eigenvalue weighted by molar-refractivity contribution is -0.0894. The molecule has 1 aromatic carbocycles. The molecular formula is C15H22O2Si. The van der Waals surface area contributed by atoms with Crippen molar-refractivity contribution in [1.29, 1.82) is 0 Å². The first-order valence-electron chi connectivity index (χ1n) is 6.52. The molecule has 0 spiro atoms. The van der Waals surface area contributed by atoms with E-state index < -0.39 is 0 Å². The van der Waals surface area contributed by atoms with E-state index in [1.165, 1.54) is 5.19 Å². The summed E-state index contributed by atoms with van der Waals surface area (Å²) in [5, 5.41) is 1.25. The van der Waals surface area contributed by atoms with Crippen LogP contribution in [0.25, 0.3) is 6.08 Å². The summed E-state index contributed by atoms with van der Waals surface area (Å²) in [5.74, 6) is -0.107. The lowest BCUT2D eigenvalue weighted by Gasteiger charge is -2.17. The molecule has 0 aliphatic heterocycles. The van der Waals surface area contributed by atoms with E-state index in [2.05, 4.69) is 44.7 Å². The Morgan fingerprint density at radius 2 is 1.89 bits per heavy atom. The van der Waals surface area contributed by atoms with E-state index in [0.717, 1.165) is 31.6 Å². The SMILES string of the molecule is C=Cc1cccc([Si]C(OCCC)OCCC)c1. The van der Waals surface area contributed by atoms with Crippen LogP contribution in [0.5, 0.6) is 0 Å². The maximum absolute atomic E-state index is 5.74. The minimum absolute atomic E-state index is 0.107. The van der Waals surface area contributed by atoms with Crippen LogP contribution in [-0.2, 0) is 9.47 Å². The van der Waals surface area contributed by atoms with E-state index in [1.807, 2.05) is 6.08 Å². The Bertz CT molecular complexity index is 344. The molecule has 0 saturated heterocycles. The Morgan fingerprint density at radius 3 is 2.44 bits per heavy atom. The molecular weight excluding hydrogens is 240 g/mol. The van der Waals surface area contributed by atoms with Gasteiger partial charge in [-0.05, 0) is 18.4 Å². The van der Waals surface area contributed by atoms with Crippen molar-refractivity contribution in [2.45, 2.75) is 32.6 Å². The lowest BCUT2D eigenvalue weighted by atomic mass is 10.2. The largest absolute Gasteiger partial charge is 0.357 e. The van der Waals surface area contributed by atoms with Crippen LogP contribution in [0, 0.1) is 0 Å². The van der Waals surface area contributed by atoms with Crippen LogP contribution < -0.4 is 5.19 Å². The predicted octanol–water partition coefficient (Wildman–Crippen LogP) is 2.80. The van der Waals surface area contributed by atoms with Crippen molar-refractivity contribution in [3.63, 3.8) is 0 Å². The summed E-state index contributed by atoms with van der Waals surface area (Å²) in [6.45, 7) is 9.51. The van der Waals surface area contributed by atoms with Crippen molar-refractivity contribution in [2.24, 2.45) is 0 Å². The highest BCUT2D eigenvalue weighted by atomic mass is 28.2. The molecule has 0 bridgehead atoms. The minimum atomic E-state index is -0.107. The molecule has 98 valence electrons. The molecule has 2 radical (unpaired) electrons. The summed E-state index contributed by atoms with van der Waals surface area (Å²) in [6.07, 6.45) is 3.90. The average Bonchev–Trinajstić information content (AvgIpc) is 2.42. The zero-order valence-electron chi connectivity index (χ0n) is 11.3. The summed E-state index contributed by atoms with van der Waals surface area (Å²) in [5.41, 5.74) is 1.14. The second-order valence-electron chi connectivity index (χ2n) is 4.05. The highest BCUT2D eigenvalue weighted by Gasteiger charge is 2.11. The third-order valence-corrected chi connectivity index (χ3v) is 3.57. The molecule has 0 aliphatic carbocycles. The van der Waals surface area contributed by atoms with Crippen molar-refractivity contribution < 1.29 is 9.47 Å². The van der Waals surface area contributed by atoms with E-state index in [-0.39, 0.29) is 5.91 Å². The molecule has 0 saturated carbocycles. The lowest BCUT2D eigenvalue weighted by Crippen LogP contribution is -2.33. The average molecular weight is 262 g/mol. The van der Waals surface area contributed by atoms with Gasteiger partial charge in [0.05, 0.1) is 0 Å². The summed E-state index contributed by atoms with van der Waals surface area (Å²) in [4.78, 5) is 0. The van der Waals surface area contributed by atoms with Gasteiger partial charge in [-0.15, -0.1) is 0 Å². The van der Waals surface area contributed by atoms with Gasteiger partial charge in [0, 0.05) is 13.2 Å². The first kappa shape index (κ1) is 15.2. The first-order valence-corrected chi connectivity index (χ1v) is 7.60. The third-order valence-electron chi connectivity index (χ3n) is 2.35. The van der Waals surface area contributed by atoms with Gasteiger partial charge in [0.25, 0.3) is 0 Å². The highest BCUT2D eigenvalue weighted by Crippen LogP contribution is 2.01. The molecule has 1 aromatic rings. The van der Waals surface area contributed by atoms with Crippen molar-refractivity contribution >= 4 is 20.8 Å². The number of rotatable bonds is 9. The number of ether oxygens (including phenoxy) is 2. The molecule has 0 aliphatic rings. The number of hydrogen-bond acceptors (Lipinski definition) is 2. The quantitative estimate of drug-likeness (QED) is 0.503. The third kappa shape index (κ3) is 5.62. The highest BCUT2D eigenvalue weighted by molar-refractivity contribution is 6.54. The molecule has 1 rings (SSSR count). The van der Waals surface area contributed by atoms with Gasteiger partial charge >= 0.3 is 0 Å². The van der Waals surface area contributed by atoms with Gasteiger partial charge in [0.1, 0.15) is 5.91 Å². The van der Waals surface area contributed by atoms with E-state index in [9.17, 15) is 0 Å². The van der Waals surface area contributed by atoms with Gasteiger partial charge in [0.15, 0.2) is 9.52 Å². The maximum Gasteiger partial charge on any atom is 0.157 e. The van der Waals surface area contributed by atoms with E-state index in [4.69, 9.17) is 9.47 Å². The van der Waals surface area contributed by atoms with Crippen molar-refractivity contribution in [3.05, 3.63) is 36.4 Å². The van der Waals surface area contributed by atoms with E-state index >= 15 is 0 Å². The molecule has 0 unspecified atom stereocenters. The van der Waals surface area contributed by atoms with Crippen molar-refractivity contribution in [3.8, 4) is 0 Å².